The number of benzene rings is 2. The number of rotatable bonds is 5. The number of nitrogens with zero attached hydrogens (tertiary/aromatic N) is 4. The fraction of sp³-hybridized carbons (Fsp3) is 0.360. The summed E-state index contributed by atoms with van der Waals surface area (Å²) in [6.07, 6.45) is 2.68. The number of nitriles is 1. The molecule has 2 aromatic carbocycles. The predicted molar refractivity (Wildman–Crippen MR) is 124 cm³/mol. The van der Waals surface area contributed by atoms with Crippen LogP contribution in [0.3, 0.4) is 0 Å². The van der Waals surface area contributed by atoms with Crippen molar-refractivity contribution in [3.63, 3.8) is 0 Å². The first-order valence-electron chi connectivity index (χ1n) is 11.0. The van der Waals surface area contributed by atoms with Crippen molar-refractivity contribution in [2.45, 2.75) is 45.3 Å². The lowest BCUT2D eigenvalue weighted by atomic mass is 9.84. The maximum atomic E-state index is 12.2. The molecule has 1 aromatic heterocycles. The van der Waals surface area contributed by atoms with Crippen LogP contribution in [-0.2, 0) is 6.42 Å². The van der Waals surface area contributed by atoms with Gasteiger partial charge in [-0.25, -0.2) is 4.79 Å². The smallest absolute Gasteiger partial charge is 0.317 e. The third kappa shape index (κ3) is 4.67. The van der Waals surface area contributed by atoms with Gasteiger partial charge < -0.3 is 19.5 Å². The molecule has 1 heterocycles. The van der Waals surface area contributed by atoms with Gasteiger partial charge in [0.15, 0.2) is 0 Å². The first-order valence-corrected chi connectivity index (χ1v) is 11.0. The first-order chi connectivity index (χ1) is 15.9. The highest BCUT2D eigenvalue weighted by Crippen LogP contribution is 2.36. The van der Waals surface area contributed by atoms with Crippen LogP contribution in [0, 0.1) is 11.3 Å². The van der Waals surface area contributed by atoms with Crippen molar-refractivity contribution < 1.29 is 14.1 Å². The largest absolute Gasteiger partial charge is 0.490 e. The summed E-state index contributed by atoms with van der Waals surface area (Å²) in [6, 6.07) is 13.2. The van der Waals surface area contributed by atoms with E-state index in [9.17, 15) is 10.1 Å². The molecular weight excluding hydrogens is 418 g/mol. The van der Waals surface area contributed by atoms with Gasteiger partial charge in [0, 0.05) is 25.2 Å². The molecule has 1 aliphatic carbocycles. The van der Waals surface area contributed by atoms with E-state index >= 15 is 0 Å². The van der Waals surface area contributed by atoms with Gasteiger partial charge in [0.2, 0.25) is 5.82 Å². The van der Waals surface area contributed by atoms with Crippen LogP contribution in [0.5, 0.6) is 5.75 Å². The van der Waals surface area contributed by atoms with E-state index in [0.29, 0.717) is 28.6 Å². The fourth-order valence-corrected chi connectivity index (χ4v) is 4.04. The number of aromatic nitrogens is 2. The number of nitrogens with one attached hydrogen (secondary N) is 1. The minimum Gasteiger partial charge on any atom is -0.490 e. The van der Waals surface area contributed by atoms with Crippen LogP contribution in [0.25, 0.3) is 22.8 Å². The summed E-state index contributed by atoms with van der Waals surface area (Å²) in [5.41, 5.74) is 4.17. The molecule has 0 saturated heterocycles. The van der Waals surface area contributed by atoms with E-state index in [1.165, 1.54) is 4.90 Å². The van der Waals surface area contributed by atoms with E-state index in [1.807, 2.05) is 38.1 Å². The number of hydrogen-bond acceptors (Lipinski definition) is 6. The number of amides is 2. The molecule has 0 radical (unpaired) electrons. The van der Waals surface area contributed by atoms with Gasteiger partial charge in [-0.15, -0.1) is 0 Å². The molecule has 0 unspecified atom stereocenters. The van der Waals surface area contributed by atoms with Crippen molar-refractivity contribution >= 4 is 6.03 Å². The standard InChI is InChI=1S/C25H27N5O3/c1-15(2)32-22-12-11-16(13-17(22)14-26)24-28-23(29-33-24)20-9-5-8-19-18(20)7-6-10-21(19)27-25(31)30(3)4/h5,8-9,11-13,15,21H,6-7,10H2,1-4H3,(H,27,31)/t21-/m0/s1. The van der Waals surface area contributed by atoms with Crippen molar-refractivity contribution in [3.8, 4) is 34.7 Å². The maximum Gasteiger partial charge on any atom is 0.317 e. The first kappa shape index (κ1) is 22.3. The van der Waals surface area contributed by atoms with E-state index < -0.39 is 0 Å². The lowest BCUT2D eigenvalue weighted by Crippen LogP contribution is -2.38. The summed E-state index contributed by atoms with van der Waals surface area (Å²) in [5, 5.41) is 16.8. The van der Waals surface area contributed by atoms with Crippen molar-refractivity contribution in [2.24, 2.45) is 0 Å². The van der Waals surface area contributed by atoms with Crippen LogP contribution in [0.1, 0.15) is 49.4 Å². The van der Waals surface area contributed by atoms with E-state index in [1.54, 1.807) is 26.2 Å². The number of hydrogen-bond donors (Lipinski definition) is 1. The number of urea groups is 1. The second-order valence-electron chi connectivity index (χ2n) is 8.57. The van der Waals surface area contributed by atoms with Crippen LogP contribution in [0.4, 0.5) is 4.79 Å². The highest BCUT2D eigenvalue weighted by Gasteiger charge is 2.26. The summed E-state index contributed by atoms with van der Waals surface area (Å²) in [5.74, 6) is 1.35. The summed E-state index contributed by atoms with van der Waals surface area (Å²) in [6.45, 7) is 3.83. The Hall–Kier alpha value is -3.86. The third-order valence-corrected chi connectivity index (χ3v) is 5.59. The molecule has 0 aliphatic heterocycles. The minimum atomic E-state index is -0.113. The molecule has 0 fully saturated rings. The molecule has 8 heteroatoms. The second-order valence-corrected chi connectivity index (χ2v) is 8.57. The normalized spacial score (nSPS) is 15.0. The Morgan fingerprint density at radius 2 is 2.12 bits per heavy atom. The van der Waals surface area contributed by atoms with E-state index in [4.69, 9.17) is 9.26 Å². The van der Waals surface area contributed by atoms with Crippen LogP contribution < -0.4 is 10.1 Å². The van der Waals surface area contributed by atoms with Gasteiger partial charge in [-0.2, -0.15) is 10.2 Å². The monoisotopic (exact) mass is 445 g/mol. The zero-order valence-electron chi connectivity index (χ0n) is 19.3. The summed E-state index contributed by atoms with van der Waals surface area (Å²) < 4.78 is 11.2. The minimum absolute atomic E-state index is 0.0338. The van der Waals surface area contributed by atoms with E-state index in [2.05, 4.69) is 21.5 Å². The van der Waals surface area contributed by atoms with Crippen LogP contribution in [-0.4, -0.2) is 41.3 Å². The molecule has 1 N–H and O–H groups in total. The average molecular weight is 446 g/mol. The van der Waals surface area contributed by atoms with Crippen molar-refractivity contribution in [2.75, 3.05) is 14.1 Å². The molecule has 8 nitrogen and oxygen atoms in total. The second kappa shape index (κ2) is 9.33. The van der Waals surface area contributed by atoms with E-state index in [0.717, 1.165) is 36.0 Å². The fourth-order valence-electron chi connectivity index (χ4n) is 4.04. The SMILES string of the molecule is CC(C)Oc1ccc(-c2nc(-c3cccc4c3CCC[C@@H]4NC(=O)N(C)C)no2)cc1C#N. The van der Waals surface area contributed by atoms with Gasteiger partial charge in [-0.1, -0.05) is 23.4 Å². The molecule has 0 spiro atoms. The Bertz CT molecular complexity index is 1210. The maximum absolute atomic E-state index is 12.2. The van der Waals surface area contributed by atoms with Gasteiger partial charge in [-0.3, -0.25) is 0 Å². The van der Waals surface area contributed by atoms with E-state index in [-0.39, 0.29) is 18.2 Å². The van der Waals surface area contributed by atoms with Gasteiger partial charge in [0.05, 0.1) is 17.7 Å². The highest BCUT2D eigenvalue weighted by molar-refractivity contribution is 5.74. The Labute approximate surface area is 193 Å². The molecule has 3 aromatic rings. The molecule has 2 amide bonds. The Kier molecular flexibility index (Phi) is 6.31. The molecule has 170 valence electrons. The zero-order chi connectivity index (χ0) is 23.5. The average Bonchev–Trinajstić information content (AvgIpc) is 3.29. The number of carbonyl (C=O) groups excluding carboxylic acids is 1. The van der Waals surface area contributed by atoms with Gasteiger partial charge in [0.1, 0.15) is 11.8 Å². The summed E-state index contributed by atoms with van der Waals surface area (Å²) >= 11 is 0. The number of fused-ring (bicyclic) bond motifs is 1. The molecule has 0 bridgehead atoms. The highest BCUT2D eigenvalue weighted by atomic mass is 16.5. The van der Waals surface area contributed by atoms with Crippen LogP contribution in [0.15, 0.2) is 40.9 Å². The third-order valence-electron chi connectivity index (χ3n) is 5.59. The molecule has 1 atom stereocenters. The molecule has 1 aliphatic rings. The zero-order valence-corrected chi connectivity index (χ0v) is 19.3. The lowest BCUT2D eigenvalue weighted by Gasteiger charge is -2.28. The lowest BCUT2D eigenvalue weighted by molar-refractivity contribution is 0.211. The summed E-state index contributed by atoms with van der Waals surface area (Å²) in [7, 11) is 3.46. The quantitative estimate of drug-likeness (QED) is 0.610. The molecule has 4 rings (SSSR count). The molecule has 33 heavy (non-hydrogen) atoms. The molecular formula is C25H27N5O3. The van der Waals surface area contributed by atoms with Crippen molar-refractivity contribution in [1.82, 2.24) is 20.4 Å². The van der Waals surface area contributed by atoms with Crippen LogP contribution in [0.2, 0.25) is 0 Å². The van der Waals surface area contributed by atoms with Crippen molar-refractivity contribution in [3.05, 3.63) is 53.1 Å². The van der Waals surface area contributed by atoms with Gasteiger partial charge in [0.25, 0.3) is 5.89 Å². The Morgan fingerprint density at radius 3 is 2.85 bits per heavy atom. The Morgan fingerprint density at radius 1 is 1.30 bits per heavy atom. The van der Waals surface area contributed by atoms with Crippen molar-refractivity contribution in [1.29, 1.82) is 5.26 Å². The Balaban J connectivity index is 1.65. The van der Waals surface area contributed by atoms with Gasteiger partial charge >= 0.3 is 6.03 Å². The predicted octanol–water partition coefficient (Wildman–Crippen LogP) is 4.71. The number of carbonyl (C=O) groups is 1. The topological polar surface area (TPSA) is 104 Å². The molecule has 0 saturated carbocycles. The van der Waals surface area contributed by atoms with Gasteiger partial charge in [-0.05, 0) is 62.4 Å². The van der Waals surface area contributed by atoms with Crippen LogP contribution >= 0.6 is 0 Å². The summed E-state index contributed by atoms with van der Waals surface area (Å²) in [4.78, 5) is 18.4. The number of ether oxygens (including phenoxy) is 1.